The summed E-state index contributed by atoms with van der Waals surface area (Å²) in [5.74, 6) is -1.65. The quantitative estimate of drug-likeness (QED) is 0.519. The smallest absolute Gasteiger partial charge is 0.330 e. The highest BCUT2D eigenvalue weighted by atomic mass is 16.4. The number of aromatic nitrogens is 2. The average Bonchev–Trinajstić information content (AvgIpc) is 3.06. The van der Waals surface area contributed by atoms with Crippen molar-refractivity contribution < 1.29 is 14.7 Å². The summed E-state index contributed by atoms with van der Waals surface area (Å²) >= 11 is 0. The van der Waals surface area contributed by atoms with Crippen LogP contribution < -0.4 is 5.32 Å². The maximum atomic E-state index is 12.7. The van der Waals surface area contributed by atoms with Gasteiger partial charge in [0.25, 0.3) is 5.91 Å². The molecule has 0 aliphatic carbocycles. The van der Waals surface area contributed by atoms with Crippen molar-refractivity contribution in [1.82, 2.24) is 15.3 Å². The van der Waals surface area contributed by atoms with Crippen molar-refractivity contribution >= 4 is 33.7 Å². The molecule has 2 heterocycles. The van der Waals surface area contributed by atoms with Crippen LogP contribution in [0, 0.1) is 6.92 Å². The topological polar surface area (TPSA) is 95.1 Å². The lowest BCUT2D eigenvalue weighted by Crippen LogP contribution is -2.34. The van der Waals surface area contributed by atoms with E-state index in [0.717, 1.165) is 21.8 Å². The van der Waals surface area contributed by atoms with Gasteiger partial charge in [-0.3, -0.25) is 4.79 Å². The van der Waals surface area contributed by atoms with Crippen molar-refractivity contribution in [3.05, 3.63) is 77.6 Å². The van der Waals surface area contributed by atoms with Crippen LogP contribution >= 0.6 is 0 Å². The summed E-state index contributed by atoms with van der Waals surface area (Å²) in [5.41, 5.74) is 3.20. The van der Waals surface area contributed by atoms with Crippen LogP contribution in [0.1, 0.15) is 27.8 Å². The minimum atomic E-state index is -1.14. The highest BCUT2D eigenvalue weighted by Gasteiger charge is 2.23. The second-order valence-corrected chi connectivity index (χ2v) is 6.34. The highest BCUT2D eigenvalue weighted by Crippen LogP contribution is 2.27. The molecule has 4 aromatic rings. The summed E-state index contributed by atoms with van der Waals surface area (Å²) in [4.78, 5) is 32.1. The Morgan fingerprint density at radius 1 is 1.04 bits per heavy atom. The van der Waals surface area contributed by atoms with E-state index in [-0.39, 0.29) is 5.69 Å². The Morgan fingerprint density at radius 2 is 1.74 bits per heavy atom. The summed E-state index contributed by atoms with van der Waals surface area (Å²) in [7, 11) is 0. The zero-order valence-electron chi connectivity index (χ0n) is 14.6. The van der Waals surface area contributed by atoms with E-state index in [9.17, 15) is 14.7 Å². The van der Waals surface area contributed by atoms with Gasteiger partial charge in [0.1, 0.15) is 5.69 Å². The van der Waals surface area contributed by atoms with Crippen molar-refractivity contribution in [3.8, 4) is 0 Å². The Kier molecular flexibility index (Phi) is 4.08. The number of rotatable bonds is 4. The van der Waals surface area contributed by atoms with Gasteiger partial charge in [0.15, 0.2) is 6.04 Å². The number of aryl methyl sites for hydroxylation is 1. The third-order valence-electron chi connectivity index (χ3n) is 4.57. The summed E-state index contributed by atoms with van der Waals surface area (Å²) < 4.78 is 0. The predicted octanol–water partition coefficient (Wildman–Crippen LogP) is 3.58. The molecule has 4 rings (SSSR count). The largest absolute Gasteiger partial charge is 0.479 e. The van der Waals surface area contributed by atoms with Crippen LogP contribution in [0.15, 0.2) is 60.7 Å². The van der Waals surface area contributed by atoms with E-state index < -0.39 is 17.9 Å². The third-order valence-corrected chi connectivity index (χ3v) is 4.57. The van der Waals surface area contributed by atoms with Gasteiger partial charge in [0.2, 0.25) is 0 Å². The second kappa shape index (κ2) is 6.57. The molecule has 1 unspecified atom stereocenters. The lowest BCUT2D eigenvalue weighted by Gasteiger charge is -2.15. The van der Waals surface area contributed by atoms with Crippen LogP contribution in [0.3, 0.4) is 0 Å². The molecular formula is C21H17N3O3. The zero-order valence-corrected chi connectivity index (χ0v) is 14.6. The molecule has 0 saturated carbocycles. The number of aromatic amines is 1. The van der Waals surface area contributed by atoms with Gasteiger partial charge in [-0.05, 0) is 24.6 Å². The van der Waals surface area contributed by atoms with Gasteiger partial charge in [0, 0.05) is 16.3 Å². The highest BCUT2D eigenvalue weighted by molar-refractivity contribution is 6.10. The number of amides is 1. The average molecular weight is 359 g/mol. The van der Waals surface area contributed by atoms with Crippen molar-refractivity contribution in [3.63, 3.8) is 0 Å². The number of aliphatic carboxylic acids is 1. The van der Waals surface area contributed by atoms with E-state index in [1.54, 1.807) is 36.4 Å². The Bertz CT molecular complexity index is 1170. The van der Waals surface area contributed by atoms with Crippen LogP contribution in [0.4, 0.5) is 0 Å². The van der Waals surface area contributed by atoms with E-state index in [2.05, 4.69) is 15.3 Å². The van der Waals surface area contributed by atoms with Crippen LogP contribution in [0.5, 0.6) is 0 Å². The van der Waals surface area contributed by atoms with Crippen molar-refractivity contribution in [2.75, 3.05) is 0 Å². The molecule has 0 aliphatic heterocycles. The molecule has 0 bridgehead atoms. The van der Waals surface area contributed by atoms with Gasteiger partial charge in [-0.25, -0.2) is 9.78 Å². The molecule has 2 aromatic heterocycles. The zero-order chi connectivity index (χ0) is 19.0. The normalized spacial score (nSPS) is 12.2. The number of carboxylic acids is 1. The molecule has 1 amide bonds. The maximum Gasteiger partial charge on any atom is 0.330 e. The van der Waals surface area contributed by atoms with Gasteiger partial charge < -0.3 is 15.4 Å². The number of carboxylic acid groups (broad SMARTS) is 1. The second-order valence-electron chi connectivity index (χ2n) is 6.34. The fourth-order valence-corrected chi connectivity index (χ4v) is 3.26. The first-order valence-electron chi connectivity index (χ1n) is 8.51. The lowest BCUT2D eigenvalue weighted by molar-refractivity contribution is -0.139. The molecule has 3 N–H and O–H groups in total. The number of carbonyl (C=O) groups excluding carboxylic acids is 1. The first kappa shape index (κ1) is 16.8. The number of benzene rings is 2. The van der Waals surface area contributed by atoms with Gasteiger partial charge >= 0.3 is 5.97 Å². The number of nitrogens with zero attached hydrogens (tertiary/aromatic N) is 1. The van der Waals surface area contributed by atoms with Gasteiger partial charge in [-0.2, -0.15) is 0 Å². The third kappa shape index (κ3) is 3.01. The number of fused-ring (bicyclic) bond motifs is 3. The maximum absolute atomic E-state index is 12.7. The minimum absolute atomic E-state index is 0.187. The fourth-order valence-electron chi connectivity index (χ4n) is 3.26. The number of nitrogens with one attached hydrogen (secondary N) is 2. The van der Waals surface area contributed by atoms with Crippen molar-refractivity contribution in [1.29, 1.82) is 0 Å². The minimum Gasteiger partial charge on any atom is -0.479 e. The Labute approximate surface area is 154 Å². The molecule has 0 radical (unpaired) electrons. The number of carbonyl (C=O) groups is 2. The first-order chi connectivity index (χ1) is 13.0. The molecule has 0 aliphatic rings. The van der Waals surface area contributed by atoms with Crippen molar-refractivity contribution in [2.45, 2.75) is 13.0 Å². The van der Waals surface area contributed by atoms with E-state index in [4.69, 9.17) is 0 Å². The lowest BCUT2D eigenvalue weighted by atomic mass is 10.1. The fraction of sp³-hybridized carbons (Fsp3) is 0.0952. The molecule has 134 valence electrons. The first-order valence-corrected chi connectivity index (χ1v) is 8.51. The number of hydrogen-bond acceptors (Lipinski definition) is 3. The monoisotopic (exact) mass is 359 g/mol. The van der Waals surface area contributed by atoms with E-state index >= 15 is 0 Å². The van der Waals surface area contributed by atoms with Gasteiger partial charge in [-0.1, -0.05) is 48.5 Å². The number of para-hydroxylation sites is 1. The summed E-state index contributed by atoms with van der Waals surface area (Å²) in [6.07, 6.45) is 0. The number of H-pyrrole nitrogens is 1. The standard InChI is InChI=1S/C21H17N3O3/c1-12-18-15(14-9-5-6-10-16(14)23-18)11-17(22-12)20(25)24-19(21(26)27)13-7-3-2-4-8-13/h2-11,19,23H,1H3,(H,24,25)(H,26,27). The SMILES string of the molecule is Cc1nc(C(=O)NC(C(=O)O)c2ccccc2)cc2c1[nH]c1ccccc12. The molecule has 27 heavy (non-hydrogen) atoms. The molecule has 6 heteroatoms. The van der Waals surface area contributed by atoms with Crippen molar-refractivity contribution in [2.24, 2.45) is 0 Å². The Balaban J connectivity index is 1.74. The van der Waals surface area contributed by atoms with Gasteiger partial charge in [0.05, 0.1) is 11.2 Å². The predicted molar refractivity (Wildman–Crippen MR) is 103 cm³/mol. The number of pyridine rings is 1. The van der Waals surface area contributed by atoms with E-state index in [1.807, 2.05) is 31.2 Å². The summed E-state index contributed by atoms with van der Waals surface area (Å²) in [5, 5.41) is 14.0. The van der Waals surface area contributed by atoms with Gasteiger partial charge in [-0.15, -0.1) is 0 Å². The molecule has 1 atom stereocenters. The molecule has 2 aromatic carbocycles. The van der Waals surface area contributed by atoms with Crippen LogP contribution in [-0.2, 0) is 4.79 Å². The molecule has 6 nitrogen and oxygen atoms in total. The Morgan fingerprint density at radius 3 is 2.48 bits per heavy atom. The molecule has 0 saturated heterocycles. The van der Waals surface area contributed by atoms with Crippen LogP contribution in [0.25, 0.3) is 21.8 Å². The summed E-state index contributed by atoms with van der Waals surface area (Å²) in [6, 6.07) is 17.0. The molecule has 0 fully saturated rings. The molecule has 0 spiro atoms. The number of hydrogen-bond donors (Lipinski definition) is 3. The van der Waals surface area contributed by atoms with E-state index in [0.29, 0.717) is 11.3 Å². The van der Waals surface area contributed by atoms with E-state index in [1.165, 1.54) is 0 Å². The van der Waals surface area contributed by atoms with Crippen LogP contribution in [-0.4, -0.2) is 27.0 Å². The Hall–Kier alpha value is -3.67. The summed E-state index contributed by atoms with van der Waals surface area (Å²) in [6.45, 7) is 1.82. The van der Waals surface area contributed by atoms with Crippen LogP contribution in [0.2, 0.25) is 0 Å². The molecular weight excluding hydrogens is 342 g/mol.